The third-order valence-electron chi connectivity index (χ3n) is 4.78. The molecule has 3 aromatic rings. The van der Waals surface area contributed by atoms with Gasteiger partial charge in [-0.1, -0.05) is 22.0 Å². The van der Waals surface area contributed by atoms with Gasteiger partial charge in [0.1, 0.15) is 0 Å². The molecule has 0 saturated carbocycles. The van der Waals surface area contributed by atoms with Crippen LogP contribution in [0.4, 0.5) is 11.4 Å². The summed E-state index contributed by atoms with van der Waals surface area (Å²) in [6, 6.07) is 17.4. The number of carbonyl (C=O) groups is 4. The lowest BCUT2D eigenvalue weighted by Crippen LogP contribution is -2.29. The minimum Gasteiger partial charge on any atom is -0.465 e. The molecular weight excluding hydrogens is 464 g/mol. The van der Waals surface area contributed by atoms with E-state index in [1.165, 1.54) is 31.4 Å². The second kappa shape index (κ2) is 8.16. The number of benzene rings is 3. The molecule has 1 aliphatic rings. The molecule has 0 aliphatic carbocycles. The van der Waals surface area contributed by atoms with Gasteiger partial charge in [-0.05, 0) is 60.7 Å². The van der Waals surface area contributed by atoms with E-state index in [0.29, 0.717) is 11.3 Å². The molecule has 7 nitrogen and oxygen atoms in total. The molecule has 3 aromatic carbocycles. The third-order valence-corrected chi connectivity index (χ3v) is 5.30. The number of fused-ring (bicyclic) bond motifs is 1. The van der Waals surface area contributed by atoms with Crippen LogP contribution in [0.25, 0.3) is 0 Å². The second-order valence-corrected chi connectivity index (χ2v) is 7.62. The van der Waals surface area contributed by atoms with Crippen LogP contribution in [0.5, 0.6) is 0 Å². The minimum absolute atomic E-state index is 0.169. The van der Waals surface area contributed by atoms with Gasteiger partial charge in [0.15, 0.2) is 0 Å². The van der Waals surface area contributed by atoms with E-state index >= 15 is 0 Å². The van der Waals surface area contributed by atoms with Crippen molar-refractivity contribution in [3.8, 4) is 0 Å². The summed E-state index contributed by atoms with van der Waals surface area (Å²) in [5.74, 6) is -1.96. The average molecular weight is 479 g/mol. The summed E-state index contributed by atoms with van der Waals surface area (Å²) >= 11 is 3.32. The highest BCUT2D eigenvalue weighted by atomic mass is 79.9. The SMILES string of the molecule is COC(=O)c1cccc(N2C(=O)c3ccc(NC(=O)c4ccc(Br)cc4)cc3C2=O)c1. The Labute approximate surface area is 185 Å². The zero-order valence-corrected chi connectivity index (χ0v) is 17.8. The first-order valence-corrected chi connectivity index (χ1v) is 9.96. The first kappa shape index (κ1) is 20.5. The Kier molecular flexibility index (Phi) is 5.39. The molecule has 31 heavy (non-hydrogen) atoms. The van der Waals surface area contributed by atoms with Crippen LogP contribution >= 0.6 is 15.9 Å². The molecule has 1 aliphatic heterocycles. The number of halogens is 1. The molecule has 0 fully saturated rings. The van der Waals surface area contributed by atoms with Crippen LogP contribution in [0.2, 0.25) is 0 Å². The van der Waals surface area contributed by atoms with Crippen molar-refractivity contribution in [2.45, 2.75) is 0 Å². The van der Waals surface area contributed by atoms with E-state index in [0.717, 1.165) is 9.37 Å². The van der Waals surface area contributed by atoms with Gasteiger partial charge in [0, 0.05) is 15.7 Å². The maximum atomic E-state index is 13.0. The van der Waals surface area contributed by atoms with E-state index in [9.17, 15) is 19.2 Å². The highest BCUT2D eigenvalue weighted by Gasteiger charge is 2.37. The van der Waals surface area contributed by atoms with Crippen LogP contribution in [0.15, 0.2) is 71.2 Å². The molecule has 4 rings (SSSR count). The summed E-state index contributed by atoms with van der Waals surface area (Å²) in [5, 5.41) is 2.73. The summed E-state index contributed by atoms with van der Waals surface area (Å²) in [5.41, 5.74) is 1.70. The number of imide groups is 1. The van der Waals surface area contributed by atoms with Gasteiger partial charge in [0.2, 0.25) is 0 Å². The lowest BCUT2D eigenvalue weighted by Gasteiger charge is -2.14. The minimum atomic E-state index is -0.573. The Hall–Kier alpha value is -3.78. The van der Waals surface area contributed by atoms with Crippen LogP contribution in [-0.4, -0.2) is 30.8 Å². The molecule has 0 atom stereocenters. The number of methoxy groups -OCH3 is 1. The second-order valence-electron chi connectivity index (χ2n) is 6.71. The van der Waals surface area contributed by atoms with Crippen LogP contribution < -0.4 is 10.2 Å². The van der Waals surface area contributed by atoms with E-state index in [-0.39, 0.29) is 28.3 Å². The molecule has 0 bridgehead atoms. The van der Waals surface area contributed by atoms with Crippen molar-refractivity contribution in [2.75, 3.05) is 17.3 Å². The number of esters is 1. The standard InChI is InChI=1S/C23H15BrN2O5/c1-31-23(30)14-3-2-4-17(11-14)26-21(28)18-10-9-16(12-19(18)22(26)29)25-20(27)13-5-7-15(24)8-6-13/h2-12H,1H3,(H,25,27). The predicted octanol–water partition coefficient (Wildman–Crippen LogP) is 4.29. The fourth-order valence-corrected chi connectivity index (χ4v) is 3.51. The molecule has 0 aromatic heterocycles. The highest BCUT2D eigenvalue weighted by Crippen LogP contribution is 2.31. The van der Waals surface area contributed by atoms with Crippen LogP contribution in [-0.2, 0) is 4.74 Å². The number of hydrogen-bond acceptors (Lipinski definition) is 5. The summed E-state index contributed by atoms with van der Waals surface area (Å²) in [4.78, 5) is 51.1. The average Bonchev–Trinajstić information content (AvgIpc) is 3.03. The number of nitrogens with zero attached hydrogens (tertiary/aromatic N) is 1. The first-order chi connectivity index (χ1) is 14.9. The summed E-state index contributed by atoms with van der Waals surface area (Å²) in [7, 11) is 1.25. The van der Waals surface area contributed by atoms with Gasteiger partial charge in [0.05, 0.1) is 29.5 Å². The van der Waals surface area contributed by atoms with Crippen molar-refractivity contribution in [1.29, 1.82) is 0 Å². The van der Waals surface area contributed by atoms with Gasteiger partial charge >= 0.3 is 5.97 Å². The lowest BCUT2D eigenvalue weighted by molar-refractivity contribution is 0.0600. The summed E-state index contributed by atoms with van der Waals surface area (Å²) < 4.78 is 5.54. The number of nitrogens with one attached hydrogen (secondary N) is 1. The number of carbonyl (C=O) groups excluding carboxylic acids is 4. The molecule has 0 unspecified atom stereocenters. The first-order valence-electron chi connectivity index (χ1n) is 9.17. The monoisotopic (exact) mass is 478 g/mol. The topological polar surface area (TPSA) is 92.8 Å². The fraction of sp³-hybridized carbons (Fsp3) is 0.0435. The maximum absolute atomic E-state index is 13.0. The van der Waals surface area contributed by atoms with Crippen LogP contribution in [0, 0.1) is 0 Å². The van der Waals surface area contributed by atoms with Gasteiger partial charge in [-0.15, -0.1) is 0 Å². The summed E-state index contributed by atoms with van der Waals surface area (Å²) in [6.45, 7) is 0. The number of anilines is 2. The Balaban J connectivity index is 1.61. The molecule has 8 heteroatoms. The van der Waals surface area contributed by atoms with Gasteiger partial charge < -0.3 is 10.1 Å². The van der Waals surface area contributed by atoms with E-state index in [1.54, 1.807) is 42.5 Å². The van der Waals surface area contributed by atoms with E-state index in [1.807, 2.05) is 0 Å². The molecule has 154 valence electrons. The Morgan fingerprint density at radius 3 is 2.29 bits per heavy atom. The molecule has 0 spiro atoms. The van der Waals surface area contributed by atoms with Crippen molar-refractivity contribution in [2.24, 2.45) is 0 Å². The molecule has 1 heterocycles. The molecule has 3 amide bonds. The lowest BCUT2D eigenvalue weighted by atomic mass is 10.1. The van der Waals surface area contributed by atoms with Crippen molar-refractivity contribution in [1.82, 2.24) is 0 Å². The van der Waals surface area contributed by atoms with Gasteiger partial charge in [-0.2, -0.15) is 0 Å². The maximum Gasteiger partial charge on any atom is 0.337 e. The Morgan fingerprint density at radius 2 is 1.58 bits per heavy atom. The molecule has 0 radical (unpaired) electrons. The Bertz CT molecular complexity index is 1240. The zero-order chi connectivity index (χ0) is 22.1. The molecule has 0 saturated heterocycles. The van der Waals surface area contributed by atoms with Crippen molar-refractivity contribution >= 4 is 51.0 Å². The van der Waals surface area contributed by atoms with Gasteiger partial charge in [0.25, 0.3) is 17.7 Å². The number of rotatable bonds is 4. The normalized spacial score (nSPS) is 12.5. The van der Waals surface area contributed by atoms with Crippen molar-refractivity contribution in [3.63, 3.8) is 0 Å². The zero-order valence-electron chi connectivity index (χ0n) is 16.2. The number of ether oxygens (including phenoxy) is 1. The smallest absolute Gasteiger partial charge is 0.337 e. The summed E-state index contributed by atoms with van der Waals surface area (Å²) in [6.07, 6.45) is 0. The van der Waals surface area contributed by atoms with Crippen LogP contribution in [0.1, 0.15) is 41.4 Å². The predicted molar refractivity (Wildman–Crippen MR) is 117 cm³/mol. The number of hydrogen-bond donors (Lipinski definition) is 1. The fourth-order valence-electron chi connectivity index (χ4n) is 3.25. The van der Waals surface area contributed by atoms with Crippen molar-refractivity contribution < 1.29 is 23.9 Å². The number of amides is 3. The highest BCUT2D eigenvalue weighted by molar-refractivity contribution is 9.10. The van der Waals surface area contributed by atoms with E-state index < -0.39 is 17.8 Å². The quantitative estimate of drug-likeness (QED) is 0.445. The third kappa shape index (κ3) is 3.85. The van der Waals surface area contributed by atoms with E-state index in [2.05, 4.69) is 21.2 Å². The Morgan fingerprint density at radius 1 is 0.871 bits per heavy atom. The van der Waals surface area contributed by atoms with Crippen molar-refractivity contribution in [3.05, 3.63) is 93.5 Å². The van der Waals surface area contributed by atoms with Crippen LogP contribution in [0.3, 0.4) is 0 Å². The molecule has 1 N–H and O–H groups in total. The largest absolute Gasteiger partial charge is 0.465 e. The van der Waals surface area contributed by atoms with Gasteiger partial charge in [-0.25, -0.2) is 9.69 Å². The van der Waals surface area contributed by atoms with E-state index in [4.69, 9.17) is 4.74 Å². The molecular formula is C23H15BrN2O5. The van der Waals surface area contributed by atoms with Gasteiger partial charge in [-0.3, -0.25) is 14.4 Å².